The van der Waals surface area contributed by atoms with Gasteiger partial charge in [-0.15, -0.1) is 0 Å². The summed E-state index contributed by atoms with van der Waals surface area (Å²) in [6, 6.07) is 0. The summed E-state index contributed by atoms with van der Waals surface area (Å²) in [5.41, 5.74) is 0. The minimum absolute atomic E-state index is 0.321. The second-order valence-electron chi connectivity index (χ2n) is 5.41. The van der Waals surface area contributed by atoms with Crippen LogP contribution in [0.3, 0.4) is 0 Å². The summed E-state index contributed by atoms with van der Waals surface area (Å²) < 4.78 is 0. The number of carbonyl (C=O) groups is 1. The first-order valence-corrected chi connectivity index (χ1v) is 8.73. The highest BCUT2D eigenvalue weighted by molar-refractivity contribution is 9.09. The highest BCUT2D eigenvalue weighted by Crippen LogP contribution is 2.06. The number of carbonyl (C=O) groups excluding carboxylic acids is 1. The Kier molecular flexibility index (Phi) is 11.7. The van der Waals surface area contributed by atoms with Crippen molar-refractivity contribution >= 4 is 21.8 Å². The van der Waals surface area contributed by atoms with Gasteiger partial charge in [-0.05, 0) is 31.8 Å². The summed E-state index contributed by atoms with van der Waals surface area (Å²) in [6.07, 6.45) is 2.76. The van der Waals surface area contributed by atoms with Crippen LogP contribution in [-0.4, -0.2) is 53.8 Å². The molecule has 0 radical (unpaired) electrons. The number of rotatable bonds is 11. The molecule has 0 rings (SSSR count). The van der Waals surface area contributed by atoms with E-state index in [4.69, 9.17) is 0 Å². The maximum Gasteiger partial charge on any atom is 0.222 e. The van der Waals surface area contributed by atoms with Crippen molar-refractivity contribution in [1.82, 2.24) is 9.80 Å². The van der Waals surface area contributed by atoms with Crippen LogP contribution in [-0.2, 0) is 4.79 Å². The van der Waals surface area contributed by atoms with Gasteiger partial charge in [0.15, 0.2) is 0 Å². The van der Waals surface area contributed by atoms with Gasteiger partial charge in [-0.2, -0.15) is 0 Å². The first-order valence-electron chi connectivity index (χ1n) is 7.61. The fourth-order valence-corrected chi connectivity index (χ4v) is 2.49. The maximum atomic E-state index is 12.2. The molecule has 0 saturated heterocycles. The van der Waals surface area contributed by atoms with E-state index in [9.17, 15) is 4.79 Å². The van der Waals surface area contributed by atoms with Crippen LogP contribution < -0.4 is 0 Å². The average molecular weight is 335 g/mol. The van der Waals surface area contributed by atoms with Crippen LogP contribution in [0.4, 0.5) is 0 Å². The minimum Gasteiger partial charge on any atom is -0.341 e. The monoisotopic (exact) mass is 334 g/mol. The van der Waals surface area contributed by atoms with E-state index in [-0.39, 0.29) is 0 Å². The molecule has 0 aliphatic rings. The molecule has 0 spiro atoms. The van der Waals surface area contributed by atoms with Crippen LogP contribution >= 0.6 is 15.9 Å². The lowest BCUT2D eigenvalue weighted by atomic mass is 10.1. The van der Waals surface area contributed by atoms with Gasteiger partial charge in [-0.25, -0.2) is 0 Å². The first kappa shape index (κ1) is 18.9. The summed E-state index contributed by atoms with van der Waals surface area (Å²) >= 11 is 3.41. The molecule has 0 aliphatic heterocycles. The smallest absolute Gasteiger partial charge is 0.222 e. The van der Waals surface area contributed by atoms with Crippen LogP contribution in [0.2, 0.25) is 0 Å². The average Bonchev–Trinajstić information content (AvgIpc) is 2.38. The van der Waals surface area contributed by atoms with Gasteiger partial charge in [0.2, 0.25) is 5.91 Å². The molecule has 0 atom stereocenters. The second kappa shape index (κ2) is 11.7. The quantitative estimate of drug-likeness (QED) is 0.427. The predicted molar refractivity (Wildman–Crippen MR) is 86.9 cm³/mol. The van der Waals surface area contributed by atoms with Gasteiger partial charge in [-0.1, -0.05) is 43.6 Å². The molecule has 1 amide bonds. The first-order chi connectivity index (χ1) is 9.04. The van der Waals surface area contributed by atoms with Gasteiger partial charge in [0.05, 0.1) is 0 Å². The Balaban J connectivity index is 4.24. The molecule has 0 unspecified atom stereocenters. The zero-order chi connectivity index (χ0) is 14.7. The van der Waals surface area contributed by atoms with Crippen molar-refractivity contribution in [2.45, 2.75) is 47.0 Å². The van der Waals surface area contributed by atoms with Crippen molar-refractivity contribution in [3.05, 3.63) is 0 Å². The third-order valence-electron chi connectivity index (χ3n) is 3.29. The van der Waals surface area contributed by atoms with Gasteiger partial charge in [0, 0.05) is 31.4 Å². The normalized spacial score (nSPS) is 11.3. The van der Waals surface area contributed by atoms with Crippen molar-refractivity contribution in [3.63, 3.8) is 0 Å². The van der Waals surface area contributed by atoms with E-state index in [1.54, 1.807) is 0 Å². The molecule has 4 heteroatoms. The maximum absolute atomic E-state index is 12.2. The standard InChI is InChI=1S/C15H31BrN2O/c1-5-17(6-2)11-12-18(13-14(3)4)15(19)9-7-8-10-16/h14H,5-13H2,1-4H3. The third-order valence-corrected chi connectivity index (χ3v) is 3.85. The lowest BCUT2D eigenvalue weighted by Crippen LogP contribution is -2.40. The van der Waals surface area contributed by atoms with Crippen molar-refractivity contribution in [3.8, 4) is 0 Å². The summed E-state index contributed by atoms with van der Waals surface area (Å²) in [7, 11) is 0. The molecule has 19 heavy (non-hydrogen) atoms. The molecule has 0 bridgehead atoms. The van der Waals surface area contributed by atoms with Gasteiger partial charge in [-0.3, -0.25) is 4.79 Å². The van der Waals surface area contributed by atoms with Crippen LogP contribution in [0.15, 0.2) is 0 Å². The molecule has 0 fully saturated rings. The van der Waals surface area contributed by atoms with Crippen LogP contribution in [0.25, 0.3) is 0 Å². The van der Waals surface area contributed by atoms with E-state index in [1.807, 2.05) is 0 Å². The summed E-state index contributed by atoms with van der Waals surface area (Å²) in [5, 5.41) is 0.990. The number of alkyl halides is 1. The molecule has 0 heterocycles. The number of nitrogens with zero attached hydrogens (tertiary/aromatic N) is 2. The highest BCUT2D eigenvalue weighted by atomic mass is 79.9. The largest absolute Gasteiger partial charge is 0.341 e. The molecule has 3 nitrogen and oxygen atoms in total. The SMILES string of the molecule is CCN(CC)CCN(CC(C)C)C(=O)CCCCBr. The summed E-state index contributed by atoms with van der Waals surface area (Å²) in [6.45, 7) is 13.6. The van der Waals surface area contributed by atoms with Crippen molar-refractivity contribution < 1.29 is 4.79 Å². The van der Waals surface area contributed by atoms with E-state index in [0.29, 0.717) is 18.2 Å². The molecule has 0 aromatic carbocycles. The van der Waals surface area contributed by atoms with Crippen LogP contribution in [0.5, 0.6) is 0 Å². The van der Waals surface area contributed by atoms with E-state index in [2.05, 4.69) is 53.4 Å². The number of hydrogen-bond donors (Lipinski definition) is 0. The van der Waals surface area contributed by atoms with Gasteiger partial charge in [0.25, 0.3) is 0 Å². The van der Waals surface area contributed by atoms with Gasteiger partial charge in [0.1, 0.15) is 0 Å². The number of amides is 1. The Morgan fingerprint density at radius 1 is 1.11 bits per heavy atom. The topological polar surface area (TPSA) is 23.6 Å². The van der Waals surface area contributed by atoms with Crippen molar-refractivity contribution in [2.75, 3.05) is 38.1 Å². The number of likely N-dealkylation sites (N-methyl/N-ethyl adjacent to an activating group) is 1. The molecular weight excluding hydrogens is 304 g/mol. The molecule has 0 N–H and O–H groups in total. The third kappa shape index (κ3) is 9.44. The Labute approximate surface area is 127 Å². The highest BCUT2D eigenvalue weighted by Gasteiger charge is 2.15. The van der Waals surface area contributed by atoms with Gasteiger partial charge < -0.3 is 9.80 Å². The van der Waals surface area contributed by atoms with Crippen LogP contribution in [0.1, 0.15) is 47.0 Å². The molecule has 0 saturated carbocycles. The second-order valence-corrected chi connectivity index (χ2v) is 6.20. The van der Waals surface area contributed by atoms with E-state index >= 15 is 0 Å². The predicted octanol–water partition coefficient (Wildman–Crippen LogP) is 3.38. The molecule has 0 aromatic heterocycles. The Morgan fingerprint density at radius 3 is 2.21 bits per heavy atom. The fourth-order valence-electron chi connectivity index (χ4n) is 2.09. The molecule has 0 aliphatic carbocycles. The molecule has 114 valence electrons. The van der Waals surface area contributed by atoms with Gasteiger partial charge >= 0.3 is 0 Å². The number of hydrogen-bond acceptors (Lipinski definition) is 2. The zero-order valence-corrected chi connectivity index (χ0v) is 14.7. The Hall–Kier alpha value is -0.0900. The summed E-state index contributed by atoms with van der Waals surface area (Å²) in [4.78, 5) is 16.7. The Morgan fingerprint density at radius 2 is 1.74 bits per heavy atom. The number of unbranched alkanes of at least 4 members (excludes halogenated alkanes) is 1. The van der Waals surface area contributed by atoms with Crippen molar-refractivity contribution in [1.29, 1.82) is 0 Å². The van der Waals surface area contributed by atoms with E-state index in [1.165, 1.54) is 0 Å². The summed E-state index contributed by atoms with van der Waals surface area (Å²) in [5.74, 6) is 0.860. The lowest BCUT2D eigenvalue weighted by molar-refractivity contribution is -0.132. The minimum atomic E-state index is 0.321. The molecule has 0 aromatic rings. The fraction of sp³-hybridized carbons (Fsp3) is 0.933. The van der Waals surface area contributed by atoms with Crippen LogP contribution in [0, 0.1) is 5.92 Å². The zero-order valence-electron chi connectivity index (χ0n) is 13.1. The Bertz CT molecular complexity index is 230. The van der Waals surface area contributed by atoms with E-state index in [0.717, 1.165) is 50.9 Å². The lowest BCUT2D eigenvalue weighted by Gasteiger charge is -2.28. The van der Waals surface area contributed by atoms with Crippen molar-refractivity contribution in [2.24, 2.45) is 5.92 Å². The number of halogens is 1. The van der Waals surface area contributed by atoms with E-state index < -0.39 is 0 Å². The molecular formula is C15H31BrN2O.